The molecule has 0 heterocycles. The maximum atomic E-state index is 12.8. The van der Waals surface area contributed by atoms with Crippen LogP contribution in [0.25, 0.3) is 0 Å². The quantitative estimate of drug-likeness (QED) is 0.901. The maximum absolute atomic E-state index is 12.8. The second kappa shape index (κ2) is 5.06. The van der Waals surface area contributed by atoms with Crippen LogP contribution in [0, 0.1) is 5.82 Å². The monoisotopic (exact) mass is 270 g/mol. The molecule has 20 heavy (non-hydrogen) atoms. The molecule has 2 aromatic rings. The summed E-state index contributed by atoms with van der Waals surface area (Å²) >= 11 is 0. The van der Waals surface area contributed by atoms with Crippen LogP contribution in [0.2, 0.25) is 0 Å². The molecule has 2 atom stereocenters. The lowest BCUT2D eigenvalue weighted by molar-refractivity contribution is 0.102. The van der Waals surface area contributed by atoms with Crippen molar-refractivity contribution in [2.75, 3.05) is 5.32 Å². The van der Waals surface area contributed by atoms with Crippen molar-refractivity contribution in [1.82, 2.24) is 0 Å². The SMILES string of the molecule is N[C@@H]1C[C@H]1c1cccc(C(=O)Nc2ccc(F)cc2)c1. The minimum Gasteiger partial charge on any atom is -0.327 e. The van der Waals surface area contributed by atoms with E-state index >= 15 is 0 Å². The number of hydrogen-bond donors (Lipinski definition) is 2. The number of carbonyl (C=O) groups is 1. The van der Waals surface area contributed by atoms with Crippen LogP contribution in [0.5, 0.6) is 0 Å². The van der Waals surface area contributed by atoms with E-state index in [-0.39, 0.29) is 17.8 Å². The number of nitrogens with one attached hydrogen (secondary N) is 1. The Morgan fingerprint density at radius 2 is 1.90 bits per heavy atom. The Balaban J connectivity index is 1.75. The van der Waals surface area contributed by atoms with E-state index in [2.05, 4.69) is 5.32 Å². The number of anilines is 1. The second-order valence-corrected chi connectivity index (χ2v) is 5.09. The first-order valence-electron chi connectivity index (χ1n) is 6.56. The smallest absolute Gasteiger partial charge is 0.255 e. The number of carbonyl (C=O) groups excluding carboxylic acids is 1. The van der Waals surface area contributed by atoms with Crippen molar-refractivity contribution in [2.45, 2.75) is 18.4 Å². The van der Waals surface area contributed by atoms with Gasteiger partial charge in [-0.2, -0.15) is 0 Å². The highest BCUT2D eigenvalue weighted by atomic mass is 19.1. The van der Waals surface area contributed by atoms with Gasteiger partial charge in [0.2, 0.25) is 0 Å². The largest absolute Gasteiger partial charge is 0.327 e. The lowest BCUT2D eigenvalue weighted by atomic mass is 10.1. The van der Waals surface area contributed by atoms with E-state index in [0.29, 0.717) is 17.2 Å². The summed E-state index contributed by atoms with van der Waals surface area (Å²) < 4.78 is 12.8. The third-order valence-electron chi connectivity index (χ3n) is 3.52. The number of amides is 1. The van der Waals surface area contributed by atoms with Crippen molar-refractivity contribution < 1.29 is 9.18 Å². The van der Waals surface area contributed by atoms with Gasteiger partial charge in [0.05, 0.1) is 0 Å². The molecule has 3 rings (SSSR count). The zero-order valence-electron chi connectivity index (χ0n) is 10.8. The molecule has 1 fully saturated rings. The standard InChI is InChI=1S/C16H15FN2O/c17-12-4-6-13(7-5-12)19-16(20)11-3-1-2-10(8-11)14-9-15(14)18/h1-8,14-15H,9,18H2,(H,19,20)/t14-,15+/m0/s1. The fourth-order valence-electron chi connectivity index (χ4n) is 2.24. The Morgan fingerprint density at radius 1 is 1.20 bits per heavy atom. The van der Waals surface area contributed by atoms with Gasteiger partial charge in [-0.1, -0.05) is 12.1 Å². The fourth-order valence-corrected chi connectivity index (χ4v) is 2.24. The average molecular weight is 270 g/mol. The van der Waals surface area contributed by atoms with Crippen molar-refractivity contribution >= 4 is 11.6 Å². The molecular weight excluding hydrogens is 255 g/mol. The van der Waals surface area contributed by atoms with E-state index in [1.165, 1.54) is 24.3 Å². The van der Waals surface area contributed by atoms with Gasteiger partial charge in [0.1, 0.15) is 5.82 Å². The zero-order valence-corrected chi connectivity index (χ0v) is 10.8. The number of rotatable bonds is 3. The molecule has 4 heteroatoms. The van der Waals surface area contributed by atoms with Crippen molar-refractivity contribution in [1.29, 1.82) is 0 Å². The summed E-state index contributed by atoms with van der Waals surface area (Å²) in [5.74, 6) is -0.158. The first-order chi connectivity index (χ1) is 9.63. The number of hydrogen-bond acceptors (Lipinski definition) is 2. The molecular formula is C16H15FN2O. The molecule has 3 N–H and O–H groups in total. The van der Waals surface area contributed by atoms with Crippen LogP contribution in [-0.2, 0) is 0 Å². The Hall–Kier alpha value is -2.20. The molecule has 0 aromatic heterocycles. The predicted octanol–water partition coefficient (Wildman–Crippen LogP) is 2.89. The van der Waals surface area contributed by atoms with Crippen LogP contribution in [0.15, 0.2) is 48.5 Å². The van der Waals surface area contributed by atoms with Crippen LogP contribution in [0.1, 0.15) is 28.3 Å². The summed E-state index contributed by atoms with van der Waals surface area (Å²) in [5.41, 5.74) is 8.09. The van der Waals surface area contributed by atoms with Gasteiger partial charge in [-0.3, -0.25) is 4.79 Å². The average Bonchev–Trinajstić information content (AvgIpc) is 3.19. The molecule has 102 valence electrons. The maximum Gasteiger partial charge on any atom is 0.255 e. The lowest BCUT2D eigenvalue weighted by Gasteiger charge is -2.07. The summed E-state index contributed by atoms with van der Waals surface area (Å²) in [6.45, 7) is 0. The van der Waals surface area contributed by atoms with Gasteiger partial charge < -0.3 is 11.1 Å². The Bertz CT molecular complexity index is 639. The molecule has 1 amide bonds. The van der Waals surface area contributed by atoms with Crippen LogP contribution in [0.4, 0.5) is 10.1 Å². The molecule has 1 aliphatic rings. The minimum absolute atomic E-state index is 0.201. The van der Waals surface area contributed by atoms with E-state index in [0.717, 1.165) is 12.0 Å². The molecule has 1 aliphatic carbocycles. The molecule has 0 radical (unpaired) electrons. The zero-order chi connectivity index (χ0) is 14.1. The molecule has 3 nitrogen and oxygen atoms in total. The van der Waals surface area contributed by atoms with E-state index in [1.807, 2.05) is 18.2 Å². The third kappa shape index (κ3) is 2.70. The van der Waals surface area contributed by atoms with Crippen LogP contribution in [0.3, 0.4) is 0 Å². The summed E-state index contributed by atoms with van der Waals surface area (Å²) in [7, 11) is 0. The third-order valence-corrected chi connectivity index (χ3v) is 3.52. The molecule has 2 aromatic carbocycles. The normalized spacial score (nSPS) is 20.5. The Morgan fingerprint density at radius 3 is 2.55 bits per heavy atom. The Labute approximate surface area is 116 Å². The van der Waals surface area contributed by atoms with Gasteiger partial charge in [0, 0.05) is 23.2 Å². The van der Waals surface area contributed by atoms with Crippen molar-refractivity contribution in [3.63, 3.8) is 0 Å². The summed E-state index contributed by atoms with van der Waals surface area (Å²) in [6.07, 6.45) is 0.975. The summed E-state index contributed by atoms with van der Waals surface area (Å²) in [6, 6.07) is 13.4. The molecule has 0 unspecified atom stereocenters. The van der Waals surface area contributed by atoms with Crippen molar-refractivity contribution in [2.24, 2.45) is 5.73 Å². The Kier molecular flexibility index (Phi) is 3.24. The number of nitrogens with two attached hydrogens (primary N) is 1. The van der Waals surface area contributed by atoms with E-state index in [9.17, 15) is 9.18 Å². The van der Waals surface area contributed by atoms with Crippen LogP contribution in [-0.4, -0.2) is 11.9 Å². The number of benzene rings is 2. The van der Waals surface area contributed by atoms with E-state index < -0.39 is 0 Å². The molecule has 0 bridgehead atoms. The van der Waals surface area contributed by atoms with E-state index in [4.69, 9.17) is 5.73 Å². The second-order valence-electron chi connectivity index (χ2n) is 5.09. The topological polar surface area (TPSA) is 55.1 Å². The highest BCUT2D eigenvalue weighted by molar-refractivity contribution is 6.04. The van der Waals surface area contributed by atoms with Crippen LogP contribution >= 0.6 is 0 Å². The van der Waals surface area contributed by atoms with Gasteiger partial charge in [0.25, 0.3) is 5.91 Å². The molecule has 1 saturated carbocycles. The van der Waals surface area contributed by atoms with Gasteiger partial charge in [-0.15, -0.1) is 0 Å². The van der Waals surface area contributed by atoms with Gasteiger partial charge in [-0.05, 0) is 48.4 Å². The lowest BCUT2D eigenvalue weighted by Crippen LogP contribution is -2.12. The van der Waals surface area contributed by atoms with Crippen molar-refractivity contribution in [3.8, 4) is 0 Å². The van der Waals surface area contributed by atoms with Gasteiger partial charge in [-0.25, -0.2) is 4.39 Å². The van der Waals surface area contributed by atoms with Gasteiger partial charge >= 0.3 is 0 Å². The summed E-state index contributed by atoms with van der Waals surface area (Å²) in [4.78, 5) is 12.1. The first-order valence-corrected chi connectivity index (χ1v) is 6.56. The highest BCUT2D eigenvalue weighted by Crippen LogP contribution is 2.39. The van der Waals surface area contributed by atoms with Crippen molar-refractivity contribution in [3.05, 3.63) is 65.5 Å². The number of halogens is 1. The minimum atomic E-state index is -0.326. The van der Waals surface area contributed by atoms with E-state index in [1.54, 1.807) is 6.07 Å². The molecule has 0 aliphatic heterocycles. The predicted molar refractivity (Wildman–Crippen MR) is 76.1 cm³/mol. The highest BCUT2D eigenvalue weighted by Gasteiger charge is 2.34. The fraction of sp³-hybridized carbons (Fsp3) is 0.188. The summed E-state index contributed by atoms with van der Waals surface area (Å²) in [5, 5.41) is 2.75. The molecule has 0 spiro atoms. The first kappa shape index (κ1) is 12.8. The van der Waals surface area contributed by atoms with Crippen LogP contribution < -0.4 is 11.1 Å². The molecule has 0 saturated heterocycles. The van der Waals surface area contributed by atoms with Gasteiger partial charge in [0.15, 0.2) is 0 Å².